The van der Waals surface area contributed by atoms with Gasteiger partial charge in [0.1, 0.15) is 5.82 Å². The lowest BCUT2D eigenvalue weighted by atomic mass is 9.92. The Balaban J connectivity index is 1.73. The van der Waals surface area contributed by atoms with Crippen LogP contribution >= 0.6 is 0 Å². The summed E-state index contributed by atoms with van der Waals surface area (Å²) in [6.07, 6.45) is 2.53. The lowest BCUT2D eigenvalue weighted by Crippen LogP contribution is -2.07. The van der Waals surface area contributed by atoms with Crippen LogP contribution in [-0.2, 0) is 6.42 Å². The number of nitrogens with one attached hydrogen (secondary N) is 2. The predicted molar refractivity (Wildman–Crippen MR) is 138 cm³/mol. The minimum atomic E-state index is 0.320. The van der Waals surface area contributed by atoms with Crippen molar-refractivity contribution in [2.45, 2.75) is 26.2 Å². The first kappa shape index (κ1) is 23.1. The molecule has 0 fully saturated rings. The molecule has 1 aromatic heterocycles. The lowest BCUT2D eigenvalue weighted by Gasteiger charge is -2.19. The molecule has 1 heterocycles. The number of hydrogen-bond acceptors (Lipinski definition) is 6. The number of anilines is 4. The molecule has 0 radical (unpaired) electrons. The fraction of sp³-hybridized carbons (Fsp3) is 0.214. The fourth-order valence-corrected chi connectivity index (χ4v) is 3.85. The molecular weight excluding hydrogens is 424 g/mol. The second kappa shape index (κ2) is 10.7. The van der Waals surface area contributed by atoms with Gasteiger partial charge >= 0.3 is 0 Å². The summed E-state index contributed by atoms with van der Waals surface area (Å²) < 4.78 is 11.1. The molecule has 0 amide bonds. The van der Waals surface area contributed by atoms with Crippen molar-refractivity contribution in [3.63, 3.8) is 0 Å². The summed E-state index contributed by atoms with van der Waals surface area (Å²) in [4.78, 5) is 9.43. The largest absolute Gasteiger partial charge is 0.493 e. The van der Waals surface area contributed by atoms with Crippen molar-refractivity contribution in [3.05, 3.63) is 95.7 Å². The van der Waals surface area contributed by atoms with E-state index in [-0.39, 0.29) is 0 Å². The SMILES string of the molecule is COc1cc(Cc2cnc(Nc3ccccc3)nc2Nc2ccccc2)c(C(C)C)cc1OC. The maximum Gasteiger partial charge on any atom is 0.229 e. The minimum Gasteiger partial charge on any atom is -0.493 e. The molecule has 0 aliphatic rings. The highest BCUT2D eigenvalue weighted by molar-refractivity contribution is 5.63. The van der Waals surface area contributed by atoms with E-state index in [0.717, 1.165) is 34.1 Å². The molecule has 0 aliphatic heterocycles. The van der Waals surface area contributed by atoms with Crippen LogP contribution in [0.15, 0.2) is 79.0 Å². The van der Waals surface area contributed by atoms with Gasteiger partial charge in [-0.1, -0.05) is 50.2 Å². The number of aromatic nitrogens is 2. The van der Waals surface area contributed by atoms with Gasteiger partial charge in [0.25, 0.3) is 0 Å². The third kappa shape index (κ3) is 5.46. The summed E-state index contributed by atoms with van der Waals surface area (Å²) in [5.41, 5.74) is 5.23. The second-order valence-electron chi connectivity index (χ2n) is 8.29. The Kier molecular flexibility index (Phi) is 7.28. The molecule has 0 saturated heterocycles. The zero-order chi connectivity index (χ0) is 23.9. The van der Waals surface area contributed by atoms with Gasteiger partial charge in [-0.25, -0.2) is 4.98 Å². The Morgan fingerprint density at radius 3 is 1.94 bits per heavy atom. The van der Waals surface area contributed by atoms with Crippen LogP contribution in [0.25, 0.3) is 0 Å². The highest BCUT2D eigenvalue weighted by Gasteiger charge is 2.17. The van der Waals surface area contributed by atoms with Gasteiger partial charge in [-0.3, -0.25) is 0 Å². The Morgan fingerprint density at radius 2 is 1.35 bits per heavy atom. The number of para-hydroxylation sites is 2. The van der Waals surface area contributed by atoms with E-state index in [9.17, 15) is 0 Å². The van der Waals surface area contributed by atoms with Crippen LogP contribution in [0.2, 0.25) is 0 Å². The molecule has 0 bridgehead atoms. The second-order valence-corrected chi connectivity index (χ2v) is 8.29. The van der Waals surface area contributed by atoms with Gasteiger partial charge in [0.05, 0.1) is 14.2 Å². The molecule has 6 heteroatoms. The van der Waals surface area contributed by atoms with Gasteiger partial charge in [-0.2, -0.15) is 4.98 Å². The molecule has 0 unspecified atom stereocenters. The van der Waals surface area contributed by atoms with E-state index in [2.05, 4.69) is 41.6 Å². The van der Waals surface area contributed by atoms with Crippen LogP contribution in [-0.4, -0.2) is 24.2 Å². The molecule has 0 atom stereocenters. The summed E-state index contributed by atoms with van der Waals surface area (Å²) in [5.74, 6) is 3.05. The van der Waals surface area contributed by atoms with Crippen LogP contribution in [0.1, 0.15) is 36.5 Å². The molecular formula is C28H30N4O2. The molecule has 4 aromatic rings. The number of ether oxygens (including phenoxy) is 2. The number of nitrogens with zero attached hydrogens (tertiary/aromatic N) is 2. The number of rotatable bonds is 9. The van der Waals surface area contributed by atoms with Crippen LogP contribution in [0, 0.1) is 0 Å². The Labute approximate surface area is 201 Å². The first-order chi connectivity index (χ1) is 16.6. The Bertz CT molecular complexity index is 1230. The smallest absolute Gasteiger partial charge is 0.229 e. The van der Waals surface area contributed by atoms with Crippen molar-refractivity contribution in [2.24, 2.45) is 0 Å². The molecule has 0 aliphatic carbocycles. The maximum atomic E-state index is 5.58. The zero-order valence-electron chi connectivity index (χ0n) is 20.0. The van der Waals surface area contributed by atoms with E-state index in [1.165, 1.54) is 5.56 Å². The van der Waals surface area contributed by atoms with Crippen molar-refractivity contribution < 1.29 is 9.47 Å². The summed E-state index contributed by atoms with van der Waals surface area (Å²) in [6.45, 7) is 4.36. The maximum absolute atomic E-state index is 5.58. The summed E-state index contributed by atoms with van der Waals surface area (Å²) >= 11 is 0. The highest BCUT2D eigenvalue weighted by Crippen LogP contribution is 2.36. The van der Waals surface area contributed by atoms with E-state index in [1.54, 1.807) is 14.2 Å². The average molecular weight is 455 g/mol. The van der Waals surface area contributed by atoms with Crippen LogP contribution in [0.3, 0.4) is 0 Å². The third-order valence-electron chi connectivity index (χ3n) is 5.58. The summed E-state index contributed by atoms with van der Waals surface area (Å²) in [7, 11) is 3.32. The standard InChI is InChI=1S/C28H30N4O2/c1-19(2)24-17-26(34-4)25(33-3)16-20(24)15-21-18-29-28(31-23-13-9-6-10-14-23)32-27(21)30-22-11-7-5-8-12-22/h5-14,16-19H,15H2,1-4H3,(H2,29,30,31,32). The van der Waals surface area contributed by atoms with Gasteiger partial charge in [0.15, 0.2) is 11.5 Å². The van der Waals surface area contributed by atoms with Crippen molar-refractivity contribution in [2.75, 3.05) is 24.9 Å². The predicted octanol–water partition coefficient (Wildman–Crippen LogP) is 6.70. The Hall–Kier alpha value is -4.06. The van der Waals surface area contributed by atoms with E-state index < -0.39 is 0 Å². The van der Waals surface area contributed by atoms with Crippen LogP contribution in [0.5, 0.6) is 11.5 Å². The lowest BCUT2D eigenvalue weighted by molar-refractivity contribution is 0.354. The quantitative estimate of drug-likeness (QED) is 0.293. The minimum absolute atomic E-state index is 0.320. The van der Waals surface area contributed by atoms with Crippen molar-refractivity contribution in [1.29, 1.82) is 0 Å². The molecule has 174 valence electrons. The Morgan fingerprint density at radius 1 is 0.765 bits per heavy atom. The third-order valence-corrected chi connectivity index (χ3v) is 5.58. The number of hydrogen-bond donors (Lipinski definition) is 2. The molecule has 4 rings (SSSR count). The molecule has 6 nitrogen and oxygen atoms in total. The highest BCUT2D eigenvalue weighted by atomic mass is 16.5. The summed E-state index contributed by atoms with van der Waals surface area (Å²) in [6, 6.07) is 24.0. The van der Waals surface area contributed by atoms with E-state index in [4.69, 9.17) is 14.5 Å². The molecule has 3 aromatic carbocycles. The normalized spacial score (nSPS) is 10.7. The summed E-state index contributed by atoms with van der Waals surface area (Å²) in [5, 5.41) is 6.76. The fourth-order valence-electron chi connectivity index (χ4n) is 3.85. The molecule has 0 saturated carbocycles. The van der Waals surface area contributed by atoms with Gasteiger partial charge < -0.3 is 20.1 Å². The van der Waals surface area contributed by atoms with E-state index in [0.29, 0.717) is 24.0 Å². The van der Waals surface area contributed by atoms with Crippen molar-refractivity contribution in [3.8, 4) is 11.5 Å². The van der Waals surface area contributed by atoms with Crippen LogP contribution < -0.4 is 20.1 Å². The zero-order valence-corrected chi connectivity index (χ0v) is 20.0. The van der Waals surface area contributed by atoms with Gasteiger partial charge in [-0.05, 0) is 53.4 Å². The average Bonchev–Trinajstić information content (AvgIpc) is 2.86. The monoisotopic (exact) mass is 454 g/mol. The van der Waals surface area contributed by atoms with Crippen molar-refractivity contribution in [1.82, 2.24) is 9.97 Å². The topological polar surface area (TPSA) is 68.3 Å². The van der Waals surface area contributed by atoms with Crippen molar-refractivity contribution >= 4 is 23.1 Å². The van der Waals surface area contributed by atoms with E-state index in [1.807, 2.05) is 66.9 Å². The first-order valence-electron chi connectivity index (χ1n) is 11.3. The van der Waals surface area contributed by atoms with E-state index >= 15 is 0 Å². The van der Waals surface area contributed by atoms with Gasteiger partial charge in [-0.15, -0.1) is 0 Å². The first-order valence-corrected chi connectivity index (χ1v) is 11.3. The number of benzene rings is 3. The number of methoxy groups -OCH3 is 2. The van der Waals surface area contributed by atoms with Gasteiger partial charge in [0, 0.05) is 29.6 Å². The molecule has 0 spiro atoms. The van der Waals surface area contributed by atoms with Crippen LogP contribution in [0.4, 0.5) is 23.1 Å². The molecule has 34 heavy (non-hydrogen) atoms. The van der Waals surface area contributed by atoms with Gasteiger partial charge in [0.2, 0.25) is 5.95 Å². The molecule has 2 N–H and O–H groups in total.